The number of alkyl halides is 17. The lowest BCUT2D eigenvalue weighted by Gasteiger charge is -2.42. The summed E-state index contributed by atoms with van der Waals surface area (Å²) in [6.07, 6.45) is -20.2. The van der Waals surface area contributed by atoms with Crippen LogP contribution in [0.5, 0.6) is 0 Å². The van der Waals surface area contributed by atoms with Crippen LogP contribution in [0, 0.1) is 0 Å². The van der Waals surface area contributed by atoms with E-state index in [0.717, 1.165) is 0 Å². The van der Waals surface area contributed by atoms with Gasteiger partial charge in [-0.25, -0.2) is 22.0 Å². The number of rotatable bonds is 11. The Hall–Kier alpha value is -0.393. The van der Waals surface area contributed by atoms with Crippen LogP contribution in [0.1, 0.15) is 0 Å². The zero-order valence-electron chi connectivity index (χ0n) is 13.8. The summed E-state index contributed by atoms with van der Waals surface area (Å²) in [5.41, 5.74) is 0. The van der Waals surface area contributed by atoms with Gasteiger partial charge in [0.1, 0.15) is 0 Å². The molecule has 0 aromatic carbocycles. The summed E-state index contributed by atoms with van der Waals surface area (Å²) in [5.74, 6) is -47.3. The highest BCUT2D eigenvalue weighted by molar-refractivity contribution is 7.33. The number of hydrogen-bond acceptors (Lipinski definition) is 0. The molecule has 188 valence electrons. The van der Waals surface area contributed by atoms with Crippen LogP contribution in [-0.4, -0.2) is 67.9 Å². The molecule has 0 aromatic rings. The molecule has 0 saturated carbocycles. The van der Waals surface area contributed by atoms with Crippen LogP contribution in [0.25, 0.3) is 0 Å². The van der Waals surface area contributed by atoms with E-state index in [2.05, 4.69) is 0 Å². The van der Waals surface area contributed by atoms with Crippen molar-refractivity contribution in [3.8, 4) is 0 Å². The maximum Gasteiger partial charge on any atom is 0.384 e. The average Bonchev–Trinajstić information content (AvgIpc) is 2.58. The van der Waals surface area contributed by atoms with E-state index in [0.29, 0.717) is 0 Å². The molecule has 3 unspecified atom stereocenters. The van der Waals surface area contributed by atoms with Gasteiger partial charge in [-0.05, 0) is 0 Å². The molecule has 0 fully saturated rings. The van der Waals surface area contributed by atoms with Crippen molar-refractivity contribution >= 4 is 29.6 Å². The summed E-state index contributed by atoms with van der Waals surface area (Å²) in [5, 5.41) is 0. The first kappa shape index (κ1) is 30.6. The van der Waals surface area contributed by atoms with Gasteiger partial charge in [-0.2, -0.15) is 74.8 Å². The zero-order chi connectivity index (χ0) is 25.6. The highest BCUT2D eigenvalue weighted by atomic mass is 35.7. The molecule has 0 bridgehead atoms. The van der Waals surface area contributed by atoms with Crippen LogP contribution in [0.15, 0.2) is 0 Å². The second-order valence-corrected chi connectivity index (χ2v) is 10.9. The number of halogens is 19. The first-order chi connectivity index (χ1) is 13.4. The minimum absolute atomic E-state index is 2.04. The van der Waals surface area contributed by atoms with Gasteiger partial charge in [-0.3, -0.25) is 0 Å². The lowest BCUT2D eigenvalue weighted by atomic mass is 9.88. The summed E-state index contributed by atoms with van der Waals surface area (Å²) in [6, 6.07) is -2.04. The van der Waals surface area contributed by atoms with Gasteiger partial charge in [0.05, 0.1) is 0 Å². The second kappa shape index (κ2) is 9.10. The zero-order valence-corrected chi connectivity index (χ0v) is 16.4. The molecule has 0 aromatic heterocycles. The predicted octanol–water partition coefficient (Wildman–Crippen LogP) is 6.78. The van der Waals surface area contributed by atoms with Gasteiger partial charge in [0, 0.05) is 6.04 Å². The third kappa shape index (κ3) is 4.79. The fraction of sp³-hybridized carbons (Fsp3) is 1.00. The summed E-state index contributed by atoms with van der Waals surface area (Å²) in [4.78, 5) is 0. The molecule has 0 heterocycles. The molecule has 0 N–H and O–H groups in total. The maximum absolute atomic E-state index is 13.4. The SMILES string of the molecule is FC(F)C(F)C(F)C(F)(F)C(F)(F)C(F)(F)C(F)(F)C(F)(F)C(F)(F)C(F)C[SiH](Cl)Cl. The molecule has 20 heteroatoms. The van der Waals surface area contributed by atoms with E-state index in [9.17, 15) is 74.6 Å². The largest absolute Gasteiger partial charge is 0.384 e. The van der Waals surface area contributed by atoms with Gasteiger partial charge in [-0.15, -0.1) is 0 Å². The maximum atomic E-state index is 13.4. The molecular weight excluding hydrogens is 554 g/mol. The fourth-order valence-electron chi connectivity index (χ4n) is 1.81. The topological polar surface area (TPSA) is 0 Å². The van der Waals surface area contributed by atoms with Gasteiger partial charge >= 0.3 is 35.5 Å². The summed E-state index contributed by atoms with van der Waals surface area (Å²) in [7, 11) is -3.70. The van der Waals surface area contributed by atoms with Crippen LogP contribution in [-0.2, 0) is 0 Å². The van der Waals surface area contributed by atoms with E-state index in [1.807, 2.05) is 0 Å². The van der Waals surface area contributed by atoms with Gasteiger partial charge < -0.3 is 0 Å². The molecule has 0 spiro atoms. The van der Waals surface area contributed by atoms with Gasteiger partial charge in [-0.1, -0.05) is 0 Å². The number of hydrogen-bond donors (Lipinski definition) is 0. The van der Waals surface area contributed by atoms with E-state index in [-0.39, 0.29) is 0 Å². The molecule has 3 atom stereocenters. The highest BCUT2D eigenvalue weighted by Crippen LogP contribution is 2.61. The Kier molecular flexibility index (Phi) is 8.98. The average molecular weight is 561 g/mol. The molecule has 0 saturated heterocycles. The van der Waals surface area contributed by atoms with Crippen molar-refractivity contribution in [2.24, 2.45) is 0 Å². The van der Waals surface area contributed by atoms with E-state index in [4.69, 9.17) is 22.2 Å². The van der Waals surface area contributed by atoms with Crippen molar-refractivity contribution in [3.05, 3.63) is 0 Å². The van der Waals surface area contributed by atoms with Crippen molar-refractivity contribution in [1.29, 1.82) is 0 Å². The molecule has 0 radical (unpaired) electrons. The Labute approximate surface area is 171 Å². The smallest absolute Gasteiger partial charge is 0.241 e. The van der Waals surface area contributed by atoms with Crippen molar-refractivity contribution in [2.75, 3.05) is 0 Å². The van der Waals surface area contributed by atoms with Crippen LogP contribution < -0.4 is 0 Å². The van der Waals surface area contributed by atoms with E-state index >= 15 is 0 Å². The van der Waals surface area contributed by atoms with E-state index < -0.39 is 73.9 Å². The fourth-order valence-corrected chi connectivity index (χ4v) is 3.36. The summed E-state index contributed by atoms with van der Waals surface area (Å²) in [6.45, 7) is 0. The lowest BCUT2D eigenvalue weighted by molar-refractivity contribution is -0.433. The van der Waals surface area contributed by atoms with Crippen LogP contribution in [0.3, 0.4) is 0 Å². The predicted molar refractivity (Wildman–Crippen MR) is 74.0 cm³/mol. The third-order valence-electron chi connectivity index (χ3n) is 3.67. The molecule has 0 rings (SSSR count). The Bertz CT molecular complexity index is 609. The monoisotopic (exact) mass is 560 g/mol. The molecule has 0 nitrogen and oxygen atoms in total. The summed E-state index contributed by atoms with van der Waals surface area (Å²) >= 11 is 9.70. The first-order valence-corrected chi connectivity index (χ1v) is 11.4. The Morgan fingerprint density at radius 3 is 1.16 bits per heavy atom. The van der Waals surface area contributed by atoms with Gasteiger partial charge in [0.2, 0.25) is 13.6 Å². The lowest BCUT2D eigenvalue weighted by Crippen LogP contribution is -2.73. The Morgan fingerprint density at radius 1 is 0.548 bits per heavy atom. The Morgan fingerprint density at radius 2 is 0.871 bits per heavy atom. The first-order valence-electron chi connectivity index (χ1n) is 7.11. The highest BCUT2D eigenvalue weighted by Gasteiger charge is 2.91. The molecule has 0 aliphatic rings. The van der Waals surface area contributed by atoms with Gasteiger partial charge in [0.25, 0.3) is 6.43 Å². The van der Waals surface area contributed by atoms with Crippen molar-refractivity contribution < 1.29 is 74.6 Å². The minimum atomic E-state index is -8.37. The molecular formula is C11H7Cl2F17Si. The minimum Gasteiger partial charge on any atom is -0.241 e. The van der Waals surface area contributed by atoms with Crippen molar-refractivity contribution in [1.82, 2.24) is 0 Å². The van der Waals surface area contributed by atoms with Crippen LogP contribution >= 0.6 is 22.2 Å². The molecule has 0 aliphatic heterocycles. The molecule has 0 aliphatic carbocycles. The van der Waals surface area contributed by atoms with Crippen LogP contribution in [0.4, 0.5) is 74.6 Å². The standard InChI is InChI=1S/C11H7Cl2F17Si/c12-31(13)1-2(14)6(19,20)8(23,24)10(27,28)11(29,30)9(25,26)7(21,22)4(16)3(15)5(17)18/h2-5,31H,1H2. The normalized spacial score (nSPS) is 18.5. The van der Waals surface area contributed by atoms with Crippen molar-refractivity contribution in [3.63, 3.8) is 0 Å². The quantitative estimate of drug-likeness (QED) is 0.148. The Balaban J connectivity index is 6.48. The third-order valence-corrected chi connectivity index (χ3v) is 5.50. The van der Waals surface area contributed by atoms with Gasteiger partial charge in [0.15, 0.2) is 12.3 Å². The van der Waals surface area contributed by atoms with Crippen molar-refractivity contribution in [2.45, 2.75) is 66.5 Å². The molecule has 31 heavy (non-hydrogen) atoms. The molecule has 0 amide bonds. The van der Waals surface area contributed by atoms with E-state index in [1.165, 1.54) is 0 Å². The van der Waals surface area contributed by atoms with E-state index in [1.54, 1.807) is 0 Å². The van der Waals surface area contributed by atoms with Crippen LogP contribution in [0.2, 0.25) is 6.04 Å². The summed E-state index contributed by atoms with van der Waals surface area (Å²) < 4.78 is 223. The second-order valence-electron chi connectivity index (χ2n) is 5.82.